The summed E-state index contributed by atoms with van der Waals surface area (Å²) in [6, 6.07) is 13.2. The summed E-state index contributed by atoms with van der Waals surface area (Å²) in [4.78, 5) is 20.7. The third-order valence-corrected chi connectivity index (χ3v) is 6.85. The number of benzene rings is 2. The van der Waals surface area contributed by atoms with Crippen molar-refractivity contribution in [2.24, 2.45) is 0 Å². The zero-order chi connectivity index (χ0) is 19.4. The highest BCUT2D eigenvalue weighted by Crippen LogP contribution is 2.47. The first-order valence-corrected chi connectivity index (χ1v) is 10.7. The molecule has 0 aliphatic carbocycles. The lowest BCUT2D eigenvalue weighted by Crippen LogP contribution is -3.13. The van der Waals surface area contributed by atoms with E-state index in [1.165, 1.54) is 27.4 Å². The lowest BCUT2D eigenvalue weighted by atomic mass is 9.90. The number of anilines is 2. The van der Waals surface area contributed by atoms with E-state index in [1.807, 2.05) is 6.07 Å². The summed E-state index contributed by atoms with van der Waals surface area (Å²) in [5.41, 5.74) is 6.14. The van der Waals surface area contributed by atoms with Crippen LogP contribution in [0, 0.1) is 0 Å². The highest BCUT2D eigenvalue weighted by molar-refractivity contribution is 6.03. The fourth-order valence-electron chi connectivity index (χ4n) is 5.59. The molecule has 1 saturated heterocycles. The van der Waals surface area contributed by atoms with Gasteiger partial charge in [-0.3, -0.25) is 4.79 Å². The molecule has 2 aromatic carbocycles. The van der Waals surface area contributed by atoms with Crippen molar-refractivity contribution < 1.29 is 19.4 Å². The quantitative estimate of drug-likeness (QED) is 0.824. The van der Waals surface area contributed by atoms with Gasteiger partial charge in [0.05, 0.1) is 30.4 Å². The molecule has 29 heavy (non-hydrogen) atoms. The second-order valence-electron chi connectivity index (χ2n) is 8.48. The number of para-hydroxylation sites is 2. The maximum absolute atomic E-state index is 12.1. The number of ether oxygens (including phenoxy) is 1. The molecular formula is C23H26N3O3+. The number of fused-ring (bicyclic) bond motifs is 4. The van der Waals surface area contributed by atoms with E-state index in [1.54, 1.807) is 0 Å². The predicted octanol–water partition coefficient (Wildman–Crippen LogP) is 1.31. The summed E-state index contributed by atoms with van der Waals surface area (Å²) in [5, 5.41) is 4.24. The van der Waals surface area contributed by atoms with Crippen molar-refractivity contribution in [3.05, 3.63) is 53.1 Å². The molecule has 4 heterocycles. The van der Waals surface area contributed by atoms with Gasteiger partial charge in [-0.05, 0) is 22.8 Å². The summed E-state index contributed by atoms with van der Waals surface area (Å²) >= 11 is 0. The van der Waals surface area contributed by atoms with Crippen molar-refractivity contribution in [2.75, 3.05) is 43.1 Å². The number of rotatable bonds is 4. The molecule has 3 atom stereocenters. The zero-order valence-corrected chi connectivity index (χ0v) is 16.4. The van der Waals surface area contributed by atoms with Crippen molar-refractivity contribution in [1.82, 2.24) is 0 Å². The largest absolute Gasteiger partial charge is 0.493 e. The molecule has 0 saturated carbocycles. The lowest BCUT2D eigenvalue weighted by molar-refractivity contribution is -1.10. The zero-order valence-electron chi connectivity index (χ0n) is 16.4. The molecule has 1 fully saturated rings. The Morgan fingerprint density at radius 1 is 1.24 bits per heavy atom. The molecule has 0 bridgehead atoms. The average Bonchev–Trinajstić information content (AvgIpc) is 3.33. The van der Waals surface area contributed by atoms with Gasteiger partial charge >= 0.3 is 0 Å². The molecule has 6 nitrogen and oxygen atoms in total. The monoisotopic (exact) mass is 392 g/mol. The normalized spacial score (nSPS) is 26.4. The van der Waals surface area contributed by atoms with Gasteiger partial charge in [-0.15, -0.1) is 0 Å². The van der Waals surface area contributed by atoms with Gasteiger partial charge in [0, 0.05) is 25.3 Å². The van der Waals surface area contributed by atoms with Crippen LogP contribution in [0.3, 0.4) is 0 Å². The average molecular weight is 392 g/mol. The number of hydrogen-bond acceptors (Lipinski definition) is 4. The number of carbonyl (C=O) groups is 1. The minimum Gasteiger partial charge on any atom is -0.493 e. The van der Waals surface area contributed by atoms with E-state index in [0.717, 1.165) is 50.4 Å². The molecule has 150 valence electrons. The Morgan fingerprint density at radius 3 is 3.14 bits per heavy atom. The SMILES string of the molecule is O=C1CN2c3c(cccc3C3C[NH+](OCCc4cccc5c4OCC5)CCC32)N1. The predicted molar refractivity (Wildman–Crippen MR) is 110 cm³/mol. The van der Waals surface area contributed by atoms with Crippen molar-refractivity contribution >= 4 is 17.3 Å². The molecule has 1 amide bonds. The van der Waals surface area contributed by atoms with Crippen LogP contribution in [0.4, 0.5) is 11.4 Å². The fourth-order valence-corrected chi connectivity index (χ4v) is 5.59. The molecule has 3 unspecified atom stereocenters. The second kappa shape index (κ2) is 6.75. The number of carbonyl (C=O) groups excluding carboxylic acids is 1. The number of hydrogen-bond donors (Lipinski definition) is 2. The molecule has 4 aliphatic rings. The molecule has 4 aliphatic heterocycles. The van der Waals surface area contributed by atoms with Gasteiger partial charge in [0.2, 0.25) is 5.91 Å². The van der Waals surface area contributed by atoms with E-state index in [2.05, 4.69) is 40.5 Å². The van der Waals surface area contributed by atoms with Gasteiger partial charge in [-0.1, -0.05) is 30.3 Å². The van der Waals surface area contributed by atoms with Crippen LogP contribution in [0.2, 0.25) is 0 Å². The summed E-state index contributed by atoms with van der Waals surface area (Å²) < 4.78 is 5.82. The maximum atomic E-state index is 12.1. The first kappa shape index (κ1) is 17.3. The van der Waals surface area contributed by atoms with Gasteiger partial charge in [-0.2, -0.15) is 5.06 Å². The smallest absolute Gasteiger partial charge is 0.243 e. The van der Waals surface area contributed by atoms with Crippen LogP contribution in [-0.4, -0.2) is 44.8 Å². The van der Waals surface area contributed by atoms with Gasteiger partial charge in [0.25, 0.3) is 0 Å². The summed E-state index contributed by atoms with van der Waals surface area (Å²) in [6.45, 7) is 3.90. The van der Waals surface area contributed by atoms with E-state index in [0.29, 0.717) is 25.1 Å². The number of piperidine rings is 1. The van der Waals surface area contributed by atoms with Crippen molar-refractivity contribution in [1.29, 1.82) is 0 Å². The molecule has 0 radical (unpaired) electrons. The molecule has 2 aromatic rings. The third-order valence-electron chi connectivity index (χ3n) is 6.85. The van der Waals surface area contributed by atoms with Crippen LogP contribution in [0.15, 0.2) is 36.4 Å². The first-order valence-electron chi connectivity index (χ1n) is 10.7. The summed E-state index contributed by atoms with van der Waals surface area (Å²) in [5.74, 6) is 1.60. The first-order chi connectivity index (χ1) is 14.3. The van der Waals surface area contributed by atoms with Gasteiger partial charge in [-0.25, -0.2) is 4.84 Å². The molecule has 0 spiro atoms. The van der Waals surface area contributed by atoms with E-state index < -0.39 is 0 Å². The third kappa shape index (κ3) is 2.81. The minimum absolute atomic E-state index is 0.0962. The number of hydroxylamine groups is 2. The molecule has 2 N–H and O–H groups in total. The highest BCUT2D eigenvalue weighted by atomic mass is 16.7. The van der Waals surface area contributed by atoms with Crippen LogP contribution < -0.4 is 20.0 Å². The molecule has 0 aromatic heterocycles. The van der Waals surface area contributed by atoms with Crippen LogP contribution >= 0.6 is 0 Å². The van der Waals surface area contributed by atoms with Crippen LogP contribution in [0.25, 0.3) is 0 Å². The standard InChI is InChI=1S/C23H25N3O3/c27-21-14-26-20-7-10-25(13-18(20)17-5-2-6-19(24-21)22(17)26)29-12-9-16-4-1-3-15-8-11-28-23(15)16/h1-6,18,20H,7-14H2,(H,24,27)/p+1. The Hall–Kier alpha value is -2.57. The van der Waals surface area contributed by atoms with Crippen molar-refractivity contribution in [3.8, 4) is 5.75 Å². The number of nitrogens with one attached hydrogen (secondary N) is 2. The molecule has 6 rings (SSSR count). The van der Waals surface area contributed by atoms with Crippen molar-refractivity contribution in [3.63, 3.8) is 0 Å². The van der Waals surface area contributed by atoms with Crippen LogP contribution in [0.5, 0.6) is 5.75 Å². The number of quaternary nitrogens is 1. The minimum atomic E-state index is 0.0962. The summed E-state index contributed by atoms with van der Waals surface area (Å²) in [7, 11) is 0. The Labute approximate surface area is 170 Å². The topological polar surface area (TPSA) is 55.2 Å². The van der Waals surface area contributed by atoms with Gasteiger partial charge in [0.1, 0.15) is 25.4 Å². The van der Waals surface area contributed by atoms with Crippen LogP contribution in [0.1, 0.15) is 29.0 Å². The maximum Gasteiger partial charge on any atom is 0.243 e. The number of amides is 1. The van der Waals surface area contributed by atoms with E-state index >= 15 is 0 Å². The Kier molecular flexibility index (Phi) is 4.03. The van der Waals surface area contributed by atoms with Gasteiger partial charge in [0.15, 0.2) is 0 Å². The van der Waals surface area contributed by atoms with Crippen LogP contribution in [-0.2, 0) is 22.5 Å². The van der Waals surface area contributed by atoms with E-state index in [9.17, 15) is 4.79 Å². The molecule has 6 heteroatoms. The second-order valence-corrected chi connectivity index (χ2v) is 8.48. The Morgan fingerprint density at radius 2 is 2.17 bits per heavy atom. The molecular weight excluding hydrogens is 366 g/mol. The lowest BCUT2D eigenvalue weighted by Gasteiger charge is -2.36. The Bertz CT molecular complexity index is 976. The Balaban J connectivity index is 1.14. The van der Waals surface area contributed by atoms with Crippen molar-refractivity contribution in [2.45, 2.75) is 31.2 Å². The van der Waals surface area contributed by atoms with E-state index in [-0.39, 0.29) is 5.91 Å². The summed E-state index contributed by atoms with van der Waals surface area (Å²) in [6.07, 6.45) is 2.94. The number of nitrogens with zero attached hydrogens (tertiary/aromatic N) is 1. The van der Waals surface area contributed by atoms with E-state index in [4.69, 9.17) is 9.57 Å². The highest BCUT2D eigenvalue weighted by Gasteiger charge is 2.47. The fraction of sp³-hybridized carbons (Fsp3) is 0.435. The van der Waals surface area contributed by atoms with Gasteiger partial charge < -0.3 is 15.0 Å².